The molecule has 1 heterocycles. The topological polar surface area (TPSA) is 57.7 Å². The third-order valence-electron chi connectivity index (χ3n) is 3.41. The summed E-state index contributed by atoms with van der Waals surface area (Å²) in [6.45, 7) is 2.93. The number of likely N-dealkylation sites (N-methyl/N-ethyl adjacent to an activating group) is 2. The van der Waals surface area contributed by atoms with E-state index in [4.69, 9.17) is 0 Å². The summed E-state index contributed by atoms with van der Waals surface area (Å²) in [7, 11) is 1.16. The fraction of sp³-hybridized carbons (Fsp3) is 0.917. The van der Waals surface area contributed by atoms with Crippen molar-refractivity contribution in [1.82, 2.24) is 9.80 Å². The number of sulfone groups is 1. The highest BCUT2D eigenvalue weighted by Gasteiger charge is 2.24. The second-order valence-corrected chi connectivity index (χ2v) is 7.63. The van der Waals surface area contributed by atoms with Crippen molar-refractivity contribution in [2.45, 2.75) is 25.3 Å². The lowest BCUT2D eigenvalue weighted by Crippen LogP contribution is -2.50. The number of piperazine rings is 1. The molecule has 1 aliphatic rings. The molecule has 0 aromatic heterocycles. The van der Waals surface area contributed by atoms with Crippen LogP contribution in [0.5, 0.6) is 0 Å². The van der Waals surface area contributed by atoms with E-state index >= 15 is 0 Å². The van der Waals surface area contributed by atoms with E-state index in [1.54, 1.807) is 0 Å². The standard InChI is InChI=1S/C12H24N2O3S/c1-13-6-7-14(2)11(10-13)9-12(15)5-4-8-18(3,16)17/h11H,4-10H2,1-3H3. The molecule has 0 amide bonds. The number of rotatable bonds is 6. The maximum absolute atomic E-state index is 11.8. The Morgan fingerprint density at radius 3 is 2.56 bits per heavy atom. The summed E-state index contributed by atoms with van der Waals surface area (Å²) in [6, 6.07) is 0.273. The first-order chi connectivity index (χ1) is 8.28. The normalized spacial score (nSPS) is 23.2. The van der Waals surface area contributed by atoms with Crippen molar-refractivity contribution in [2.75, 3.05) is 45.7 Å². The van der Waals surface area contributed by atoms with Crippen LogP contribution in [0.25, 0.3) is 0 Å². The fourth-order valence-corrected chi connectivity index (χ4v) is 2.89. The third kappa shape index (κ3) is 5.93. The Kier molecular flexibility index (Phi) is 5.75. The van der Waals surface area contributed by atoms with Crippen LogP contribution in [0.4, 0.5) is 0 Å². The molecule has 1 aliphatic heterocycles. The molecule has 5 nitrogen and oxygen atoms in total. The highest BCUT2D eigenvalue weighted by atomic mass is 32.2. The maximum Gasteiger partial charge on any atom is 0.147 e. The molecule has 0 N–H and O–H groups in total. The molecule has 0 aromatic carbocycles. The zero-order valence-electron chi connectivity index (χ0n) is 11.6. The predicted octanol–water partition coefficient (Wildman–Crippen LogP) is 0.0162. The highest BCUT2D eigenvalue weighted by Crippen LogP contribution is 2.11. The van der Waals surface area contributed by atoms with E-state index in [2.05, 4.69) is 16.8 Å². The summed E-state index contributed by atoms with van der Waals surface area (Å²) in [5.74, 6) is 0.282. The molecule has 1 unspecified atom stereocenters. The van der Waals surface area contributed by atoms with Gasteiger partial charge in [-0.3, -0.25) is 4.79 Å². The SMILES string of the molecule is CN1CCN(C)C(CC(=O)CCCS(C)(=O)=O)C1. The molecule has 0 spiro atoms. The van der Waals surface area contributed by atoms with Crippen LogP contribution in [-0.2, 0) is 14.6 Å². The molecule has 18 heavy (non-hydrogen) atoms. The number of hydrogen-bond acceptors (Lipinski definition) is 5. The largest absolute Gasteiger partial charge is 0.304 e. The lowest BCUT2D eigenvalue weighted by Gasteiger charge is -2.37. The molecule has 0 aliphatic carbocycles. The van der Waals surface area contributed by atoms with Gasteiger partial charge in [-0.05, 0) is 20.5 Å². The predicted molar refractivity (Wildman–Crippen MR) is 72.5 cm³/mol. The highest BCUT2D eigenvalue weighted by molar-refractivity contribution is 7.90. The van der Waals surface area contributed by atoms with Gasteiger partial charge in [0.05, 0.1) is 5.75 Å². The van der Waals surface area contributed by atoms with Crippen LogP contribution in [0.15, 0.2) is 0 Å². The van der Waals surface area contributed by atoms with Crippen LogP contribution in [0.2, 0.25) is 0 Å². The van der Waals surface area contributed by atoms with Crippen LogP contribution >= 0.6 is 0 Å². The lowest BCUT2D eigenvalue weighted by atomic mass is 10.0. The molecular formula is C12H24N2O3S. The Balaban J connectivity index is 2.31. The van der Waals surface area contributed by atoms with Gasteiger partial charge in [0.25, 0.3) is 0 Å². The molecule has 0 bridgehead atoms. The van der Waals surface area contributed by atoms with Gasteiger partial charge in [-0.25, -0.2) is 8.42 Å². The van der Waals surface area contributed by atoms with Crippen LogP contribution in [-0.4, -0.2) is 75.8 Å². The first-order valence-corrected chi connectivity index (χ1v) is 8.42. The number of ketones is 1. The van der Waals surface area contributed by atoms with E-state index in [0.29, 0.717) is 19.3 Å². The molecule has 1 fully saturated rings. The Morgan fingerprint density at radius 1 is 1.28 bits per heavy atom. The van der Waals surface area contributed by atoms with Crippen molar-refractivity contribution in [3.8, 4) is 0 Å². The van der Waals surface area contributed by atoms with E-state index < -0.39 is 9.84 Å². The van der Waals surface area contributed by atoms with Gasteiger partial charge in [-0.15, -0.1) is 0 Å². The number of nitrogens with zero attached hydrogens (tertiary/aromatic N) is 2. The van der Waals surface area contributed by atoms with Gasteiger partial charge < -0.3 is 9.80 Å². The Hall–Kier alpha value is -0.460. The first kappa shape index (κ1) is 15.6. The van der Waals surface area contributed by atoms with Crippen LogP contribution in [0, 0.1) is 0 Å². The van der Waals surface area contributed by atoms with Crippen LogP contribution in [0.1, 0.15) is 19.3 Å². The molecule has 1 atom stereocenters. The number of Topliss-reactive ketones (excluding diaryl/α,β-unsaturated/α-hetero) is 1. The van der Waals surface area contributed by atoms with Gasteiger partial charge in [0.1, 0.15) is 15.6 Å². The molecule has 6 heteroatoms. The average molecular weight is 276 g/mol. The summed E-state index contributed by atoms with van der Waals surface area (Å²) in [5.41, 5.74) is 0. The van der Waals surface area contributed by atoms with Crippen molar-refractivity contribution >= 4 is 15.6 Å². The molecule has 1 saturated heterocycles. The van der Waals surface area contributed by atoms with Crippen molar-refractivity contribution in [2.24, 2.45) is 0 Å². The molecule has 0 radical (unpaired) electrons. The Morgan fingerprint density at radius 2 is 1.94 bits per heavy atom. The summed E-state index contributed by atoms with van der Waals surface area (Å²) in [6.07, 6.45) is 2.57. The van der Waals surface area contributed by atoms with Gasteiger partial charge in [0, 0.05) is 44.8 Å². The van der Waals surface area contributed by atoms with Gasteiger partial charge in [0.2, 0.25) is 0 Å². The van der Waals surface area contributed by atoms with Crippen molar-refractivity contribution in [1.29, 1.82) is 0 Å². The van der Waals surface area contributed by atoms with Gasteiger partial charge in [-0.2, -0.15) is 0 Å². The monoisotopic (exact) mass is 276 g/mol. The summed E-state index contributed by atoms with van der Waals surface area (Å²) in [4.78, 5) is 16.3. The first-order valence-electron chi connectivity index (χ1n) is 6.36. The fourth-order valence-electron chi connectivity index (χ4n) is 2.22. The maximum atomic E-state index is 11.8. The zero-order chi connectivity index (χ0) is 13.8. The van der Waals surface area contributed by atoms with E-state index in [0.717, 1.165) is 19.6 Å². The minimum atomic E-state index is -2.94. The molecule has 106 valence electrons. The van der Waals surface area contributed by atoms with Gasteiger partial charge >= 0.3 is 0 Å². The number of carbonyl (C=O) groups excluding carboxylic acids is 1. The summed E-state index contributed by atoms with van der Waals surface area (Å²) in [5, 5.41) is 0. The van der Waals surface area contributed by atoms with Gasteiger partial charge in [-0.1, -0.05) is 0 Å². The average Bonchev–Trinajstić information content (AvgIpc) is 2.21. The minimum absolute atomic E-state index is 0.110. The third-order valence-corrected chi connectivity index (χ3v) is 4.44. The smallest absolute Gasteiger partial charge is 0.147 e. The second kappa shape index (κ2) is 6.63. The molecule has 0 saturated carbocycles. The van der Waals surface area contributed by atoms with Crippen LogP contribution < -0.4 is 0 Å². The van der Waals surface area contributed by atoms with Crippen molar-refractivity contribution in [3.63, 3.8) is 0 Å². The lowest BCUT2D eigenvalue weighted by molar-refractivity contribution is -0.120. The Labute approximate surface area is 110 Å². The molecule has 1 rings (SSSR count). The van der Waals surface area contributed by atoms with E-state index in [1.807, 2.05) is 7.05 Å². The van der Waals surface area contributed by atoms with E-state index in [-0.39, 0.29) is 17.6 Å². The van der Waals surface area contributed by atoms with Crippen LogP contribution in [0.3, 0.4) is 0 Å². The Bertz CT molecular complexity index is 381. The van der Waals surface area contributed by atoms with E-state index in [9.17, 15) is 13.2 Å². The summed E-state index contributed by atoms with van der Waals surface area (Å²) < 4.78 is 21.9. The summed E-state index contributed by atoms with van der Waals surface area (Å²) >= 11 is 0. The van der Waals surface area contributed by atoms with Crippen molar-refractivity contribution in [3.05, 3.63) is 0 Å². The van der Waals surface area contributed by atoms with Crippen molar-refractivity contribution < 1.29 is 13.2 Å². The minimum Gasteiger partial charge on any atom is -0.304 e. The molecule has 0 aromatic rings. The quantitative estimate of drug-likeness (QED) is 0.684. The van der Waals surface area contributed by atoms with Gasteiger partial charge in [0.15, 0.2) is 0 Å². The second-order valence-electron chi connectivity index (χ2n) is 5.37. The molecular weight excluding hydrogens is 252 g/mol. The number of carbonyl (C=O) groups is 1. The zero-order valence-corrected chi connectivity index (χ0v) is 12.4. The number of hydrogen-bond donors (Lipinski definition) is 0. The van der Waals surface area contributed by atoms with E-state index in [1.165, 1.54) is 6.26 Å².